The molecule has 0 bridgehead atoms. The average Bonchev–Trinajstić information content (AvgIpc) is 3.06. The van der Waals surface area contributed by atoms with Crippen molar-refractivity contribution in [3.05, 3.63) is 74.6 Å². The average molecular weight is 403 g/mol. The summed E-state index contributed by atoms with van der Waals surface area (Å²) in [5.41, 5.74) is 2.31. The van der Waals surface area contributed by atoms with Crippen LogP contribution < -0.4 is 10.1 Å². The Morgan fingerprint density at radius 2 is 1.88 bits per heavy atom. The summed E-state index contributed by atoms with van der Waals surface area (Å²) in [5.74, 6) is 0.627. The molecule has 0 saturated carbocycles. The molecule has 0 saturated heterocycles. The lowest BCUT2D eigenvalue weighted by Gasteiger charge is -2.03. The zero-order valence-electron chi connectivity index (χ0n) is 13.0. The van der Waals surface area contributed by atoms with E-state index >= 15 is 0 Å². The van der Waals surface area contributed by atoms with Gasteiger partial charge in [0, 0.05) is 22.0 Å². The molecule has 1 N–H and O–H groups in total. The molecule has 3 rings (SSSR count). The van der Waals surface area contributed by atoms with E-state index in [-0.39, 0.29) is 5.91 Å². The predicted molar refractivity (Wildman–Crippen MR) is 100 cm³/mol. The molecule has 0 fully saturated rings. The van der Waals surface area contributed by atoms with E-state index in [4.69, 9.17) is 4.74 Å². The summed E-state index contributed by atoms with van der Waals surface area (Å²) in [5, 5.41) is 5.53. The molecular formula is C18H15BrN2O2S. The van der Waals surface area contributed by atoms with Crippen LogP contribution in [-0.2, 0) is 6.42 Å². The first-order valence-electron chi connectivity index (χ1n) is 7.28. The molecule has 122 valence electrons. The van der Waals surface area contributed by atoms with Gasteiger partial charge in [0.2, 0.25) is 0 Å². The van der Waals surface area contributed by atoms with Crippen LogP contribution in [-0.4, -0.2) is 18.0 Å². The highest BCUT2D eigenvalue weighted by atomic mass is 79.9. The van der Waals surface area contributed by atoms with Crippen molar-refractivity contribution in [1.82, 2.24) is 4.98 Å². The van der Waals surface area contributed by atoms with E-state index in [0.29, 0.717) is 12.1 Å². The second-order valence-corrected chi connectivity index (χ2v) is 6.97. The molecule has 4 nitrogen and oxygen atoms in total. The molecule has 2 aromatic carbocycles. The predicted octanol–water partition coefficient (Wildman–Crippen LogP) is 4.76. The number of thiazole rings is 1. The van der Waals surface area contributed by atoms with Crippen LogP contribution in [0.25, 0.3) is 0 Å². The molecule has 0 unspecified atom stereocenters. The lowest BCUT2D eigenvalue weighted by atomic mass is 10.1. The van der Waals surface area contributed by atoms with Gasteiger partial charge < -0.3 is 10.1 Å². The third-order valence-electron chi connectivity index (χ3n) is 3.40. The number of anilines is 1. The van der Waals surface area contributed by atoms with Crippen LogP contribution in [0.15, 0.2) is 58.4 Å². The number of amides is 1. The number of carbonyl (C=O) groups excluding carboxylic acids is 1. The maximum absolute atomic E-state index is 12.3. The molecule has 1 heterocycles. The van der Waals surface area contributed by atoms with Gasteiger partial charge in [0.25, 0.3) is 5.91 Å². The molecule has 24 heavy (non-hydrogen) atoms. The normalized spacial score (nSPS) is 10.4. The Morgan fingerprint density at radius 1 is 1.17 bits per heavy atom. The number of nitrogens with one attached hydrogen (secondary N) is 1. The summed E-state index contributed by atoms with van der Waals surface area (Å²) in [6, 6.07) is 15.3. The molecule has 0 radical (unpaired) electrons. The van der Waals surface area contributed by atoms with E-state index in [0.717, 1.165) is 26.5 Å². The monoisotopic (exact) mass is 402 g/mol. The fourth-order valence-electron chi connectivity index (χ4n) is 2.14. The number of rotatable bonds is 5. The van der Waals surface area contributed by atoms with Gasteiger partial charge >= 0.3 is 0 Å². The SMILES string of the molecule is COc1ccc(Cc2nc(C(=O)Nc3ccc(Br)cc3)cs2)cc1. The van der Waals surface area contributed by atoms with Crippen LogP contribution in [0.2, 0.25) is 0 Å². The smallest absolute Gasteiger partial charge is 0.275 e. The Kier molecular flexibility index (Phi) is 5.27. The van der Waals surface area contributed by atoms with E-state index in [1.807, 2.05) is 48.5 Å². The maximum atomic E-state index is 12.3. The van der Waals surface area contributed by atoms with Crippen LogP contribution in [0, 0.1) is 0 Å². The van der Waals surface area contributed by atoms with Gasteiger partial charge in [-0.1, -0.05) is 28.1 Å². The van der Waals surface area contributed by atoms with Crippen molar-refractivity contribution in [2.24, 2.45) is 0 Å². The lowest BCUT2D eigenvalue weighted by molar-refractivity contribution is 0.102. The van der Waals surface area contributed by atoms with Crippen LogP contribution in [0.4, 0.5) is 5.69 Å². The molecule has 3 aromatic rings. The molecular weight excluding hydrogens is 388 g/mol. The molecule has 0 atom stereocenters. The zero-order valence-corrected chi connectivity index (χ0v) is 15.4. The van der Waals surface area contributed by atoms with Crippen LogP contribution >= 0.6 is 27.3 Å². The minimum absolute atomic E-state index is 0.199. The summed E-state index contributed by atoms with van der Waals surface area (Å²) in [7, 11) is 1.64. The van der Waals surface area contributed by atoms with Gasteiger partial charge in [0.15, 0.2) is 0 Å². The number of aromatic nitrogens is 1. The quantitative estimate of drug-likeness (QED) is 0.669. The van der Waals surface area contributed by atoms with Crippen molar-refractivity contribution >= 4 is 38.9 Å². The van der Waals surface area contributed by atoms with Gasteiger partial charge in [0.1, 0.15) is 11.4 Å². The van der Waals surface area contributed by atoms with Crippen molar-refractivity contribution in [3.63, 3.8) is 0 Å². The van der Waals surface area contributed by atoms with Crippen LogP contribution in [0.3, 0.4) is 0 Å². The number of hydrogen-bond donors (Lipinski definition) is 1. The Morgan fingerprint density at radius 3 is 2.54 bits per heavy atom. The molecule has 0 spiro atoms. The van der Waals surface area contributed by atoms with E-state index < -0.39 is 0 Å². The maximum Gasteiger partial charge on any atom is 0.275 e. The molecule has 0 aliphatic carbocycles. The van der Waals surface area contributed by atoms with E-state index in [9.17, 15) is 4.79 Å². The Labute approximate surface area is 152 Å². The highest BCUT2D eigenvalue weighted by Gasteiger charge is 2.11. The van der Waals surface area contributed by atoms with Gasteiger partial charge in [0.05, 0.1) is 12.1 Å². The topological polar surface area (TPSA) is 51.2 Å². The number of carbonyl (C=O) groups is 1. The number of ether oxygens (including phenoxy) is 1. The molecule has 6 heteroatoms. The first-order chi connectivity index (χ1) is 11.6. The summed E-state index contributed by atoms with van der Waals surface area (Å²) in [6.07, 6.45) is 0.695. The summed E-state index contributed by atoms with van der Waals surface area (Å²) in [6.45, 7) is 0. The largest absolute Gasteiger partial charge is 0.497 e. The first kappa shape index (κ1) is 16.7. The van der Waals surface area contributed by atoms with Gasteiger partial charge in [-0.3, -0.25) is 4.79 Å². The molecule has 1 aromatic heterocycles. The Bertz CT molecular complexity index is 829. The zero-order chi connectivity index (χ0) is 16.9. The van der Waals surface area contributed by atoms with Gasteiger partial charge in [-0.15, -0.1) is 11.3 Å². The Hall–Kier alpha value is -2.18. The highest BCUT2D eigenvalue weighted by Crippen LogP contribution is 2.19. The Balaban J connectivity index is 1.65. The fraction of sp³-hybridized carbons (Fsp3) is 0.111. The van der Waals surface area contributed by atoms with Gasteiger partial charge in [-0.05, 0) is 42.0 Å². The van der Waals surface area contributed by atoms with Crippen molar-refractivity contribution in [2.75, 3.05) is 12.4 Å². The summed E-state index contributed by atoms with van der Waals surface area (Å²) < 4.78 is 6.12. The highest BCUT2D eigenvalue weighted by molar-refractivity contribution is 9.10. The number of halogens is 1. The minimum Gasteiger partial charge on any atom is -0.497 e. The van der Waals surface area contributed by atoms with E-state index in [1.54, 1.807) is 12.5 Å². The summed E-state index contributed by atoms with van der Waals surface area (Å²) in [4.78, 5) is 16.7. The number of hydrogen-bond acceptors (Lipinski definition) is 4. The number of nitrogens with zero attached hydrogens (tertiary/aromatic N) is 1. The first-order valence-corrected chi connectivity index (χ1v) is 8.95. The lowest BCUT2D eigenvalue weighted by Crippen LogP contribution is -2.12. The van der Waals surface area contributed by atoms with Gasteiger partial charge in [-0.25, -0.2) is 4.98 Å². The molecule has 0 aliphatic heterocycles. The third kappa shape index (κ3) is 4.21. The standard InChI is InChI=1S/C18H15BrN2O2S/c1-23-15-8-2-12(3-9-15)10-17-21-16(11-24-17)18(22)20-14-6-4-13(19)5-7-14/h2-9,11H,10H2,1H3,(H,20,22). The van der Waals surface area contributed by atoms with E-state index in [1.165, 1.54) is 11.3 Å². The van der Waals surface area contributed by atoms with Gasteiger partial charge in [-0.2, -0.15) is 0 Å². The number of methoxy groups -OCH3 is 1. The second-order valence-electron chi connectivity index (χ2n) is 5.11. The van der Waals surface area contributed by atoms with Crippen LogP contribution in [0.1, 0.15) is 21.1 Å². The van der Waals surface area contributed by atoms with Crippen LogP contribution in [0.5, 0.6) is 5.75 Å². The fourth-order valence-corrected chi connectivity index (χ4v) is 3.22. The minimum atomic E-state index is -0.199. The van der Waals surface area contributed by atoms with Crippen molar-refractivity contribution in [1.29, 1.82) is 0 Å². The van der Waals surface area contributed by atoms with Crippen molar-refractivity contribution < 1.29 is 9.53 Å². The third-order valence-corrected chi connectivity index (χ3v) is 4.78. The molecule has 0 aliphatic rings. The number of benzene rings is 2. The second kappa shape index (κ2) is 7.59. The summed E-state index contributed by atoms with van der Waals surface area (Å²) >= 11 is 4.85. The molecule has 1 amide bonds. The van der Waals surface area contributed by atoms with Crippen molar-refractivity contribution in [3.8, 4) is 5.75 Å². The van der Waals surface area contributed by atoms with E-state index in [2.05, 4.69) is 26.2 Å². The van der Waals surface area contributed by atoms with Crippen molar-refractivity contribution in [2.45, 2.75) is 6.42 Å².